The molecule has 0 aliphatic rings. The summed E-state index contributed by atoms with van der Waals surface area (Å²) in [4.78, 5) is 0. The van der Waals surface area contributed by atoms with Gasteiger partial charge in [-0.3, -0.25) is 0 Å². The fourth-order valence-electron chi connectivity index (χ4n) is 1.09. The van der Waals surface area contributed by atoms with Crippen LogP contribution in [0.5, 0.6) is 0 Å². The highest BCUT2D eigenvalue weighted by Gasteiger charge is 2.23. The lowest BCUT2D eigenvalue weighted by molar-refractivity contribution is 0.413. The molecule has 12 heavy (non-hydrogen) atoms. The van der Waals surface area contributed by atoms with E-state index in [1.807, 2.05) is 0 Å². The number of hydrogen-bond donors (Lipinski definition) is 0. The van der Waals surface area contributed by atoms with Gasteiger partial charge < -0.3 is 4.52 Å². The lowest BCUT2D eigenvalue weighted by Crippen LogP contribution is -2.15. The predicted octanol–water partition coefficient (Wildman–Crippen LogP) is 3.01. The van der Waals surface area contributed by atoms with Gasteiger partial charge in [0.1, 0.15) is 12.0 Å². The highest BCUT2D eigenvalue weighted by Crippen LogP contribution is 2.29. The molecule has 0 radical (unpaired) electrons. The normalized spacial score (nSPS) is 11.6. The molecule has 1 rings (SSSR count). The van der Waals surface area contributed by atoms with Crippen LogP contribution in [0.25, 0.3) is 6.08 Å². The Balaban J connectivity index is 3.08. The van der Waals surface area contributed by atoms with Crippen LogP contribution in [0.1, 0.15) is 38.4 Å². The van der Waals surface area contributed by atoms with Crippen molar-refractivity contribution < 1.29 is 4.52 Å². The van der Waals surface area contributed by atoms with Crippen molar-refractivity contribution in [3.63, 3.8) is 0 Å². The summed E-state index contributed by atoms with van der Waals surface area (Å²) in [6.07, 6.45) is 4.51. The molecule has 0 saturated heterocycles. The van der Waals surface area contributed by atoms with Crippen LogP contribution < -0.4 is 0 Å². The Kier molecular flexibility index (Phi) is 2.36. The first-order chi connectivity index (χ1) is 5.61. The van der Waals surface area contributed by atoms with Crippen LogP contribution in [0.3, 0.4) is 0 Å². The largest absolute Gasteiger partial charge is 0.364 e. The molecule has 0 unspecified atom stereocenters. The summed E-state index contributed by atoms with van der Waals surface area (Å²) in [5, 5.41) is 3.86. The molecule has 0 bridgehead atoms. The van der Waals surface area contributed by atoms with Crippen molar-refractivity contribution in [1.82, 2.24) is 5.16 Å². The molecule has 0 aromatic carbocycles. The molecule has 1 aromatic rings. The van der Waals surface area contributed by atoms with E-state index in [4.69, 9.17) is 4.52 Å². The lowest BCUT2D eigenvalue weighted by Gasteiger charge is -2.20. The smallest absolute Gasteiger partial charge is 0.128 e. The minimum Gasteiger partial charge on any atom is -0.364 e. The summed E-state index contributed by atoms with van der Waals surface area (Å²) in [6.45, 7) is 10.2. The van der Waals surface area contributed by atoms with Gasteiger partial charge >= 0.3 is 0 Å². The Morgan fingerprint density at radius 2 is 2.33 bits per heavy atom. The van der Waals surface area contributed by atoms with Gasteiger partial charge in [-0.25, -0.2) is 0 Å². The Morgan fingerprint density at radius 1 is 1.67 bits per heavy atom. The number of aromatic nitrogens is 1. The molecular weight excluding hydrogens is 150 g/mol. The Bertz CT molecular complexity index is 273. The van der Waals surface area contributed by atoms with Crippen molar-refractivity contribution >= 4 is 6.08 Å². The van der Waals surface area contributed by atoms with Crippen LogP contribution in [-0.4, -0.2) is 5.16 Å². The number of rotatable bonds is 3. The summed E-state index contributed by atoms with van der Waals surface area (Å²) >= 11 is 0. The van der Waals surface area contributed by atoms with Gasteiger partial charge in [0.15, 0.2) is 0 Å². The van der Waals surface area contributed by atoms with Gasteiger partial charge in [-0.1, -0.05) is 32.5 Å². The highest BCUT2D eigenvalue weighted by molar-refractivity contribution is 5.47. The molecule has 0 saturated carbocycles. The average Bonchev–Trinajstić information content (AvgIpc) is 2.52. The van der Waals surface area contributed by atoms with E-state index in [9.17, 15) is 0 Å². The van der Waals surface area contributed by atoms with Crippen LogP contribution in [-0.2, 0) is 5.41 Å². The summed E-state index contributed by atoms with van der Waals surface area (Å²) < 4.78 is 4.90. The molecule has 0 amide bonds. The molecular formula is C10H15NO. The summed E-state index contributed by atoms with van der Waals surface area (Å²) in [7, 11) is 0. The Hall–Kier alpha value is -1.05. The molecule has 0 N–H and O–H groups in total. The van der Waals surface area contributed by atoms with E-state index in [0.29, 0.717) is 0 Å². The molecule has 66 valence electrons. The first-order valence-electron chi connectivity index (χ1n) is 4.19. The molecule has 0 aliphatic heterocycles. The molecule has 2 heteroatoms. The summed E-state index contributed by atoms with van der Waals surface area (Å²) in [5.74, 6) is 0. The Morgan fingerprint density at radius 3 is 2.83 bits per heavy atom. The number of nitrogens with zero attached hydrogens (tertiary/aromatic N) is 1. The zero-order valence-electron chi connectivity index (χ0n) is 7.92. The van der Waals surface area contributed by atoms with Gasteiger partial charge in [0.05, 0.1) is 0 Å². The van der Waals surface area contributed by atoms with Crippen molar-refractivity contribution in [3.8, 4) is 0 Å². The lowest BCUT2D eigenvalue weighted by atomic mass is 9.82. The van der Waals surface area contributed by atoms with Crippen LogP contribution in [0.15, 0.2) is 17.4 Å². The van der Waals surface area contributed by atoms with Crippen LogP contribution in [0.4, 0.5) is 0 Å². The second kappa shape index (κ2) is 3.13. The molecule has 0 spiro atoms. The maximum atomic E-state index is 4.90. The van der Waals surface area contributed by atoms with E-state index in [1.54, 1.807) is 12.3 Å². The monoisotopic (exact) mass is 165 g/mol. The van der Waals surface area contributed by atoms with Crippen LogP contribution in [0.2, 0.25) is 0 Å². The SMILES string of the molecule is C=Cc1nocc1C(C)(C)CC. The molecule has 1 heterocycles. The summed E-state index contributed by atoms with van der Waals surface area (Å²) in [6, 6.07) is 0. The standard InChI is InChI=1S/C10H15NO/c1-5-9-8(7-12-11-9)10(3,4)6-2/h5,7H,1,6H2,2-4H3. The second-order valence-corrected chi connectivity index (χ2v) is 3.56. The van der Waals surface area contributed by atoms with Gasteiger partial charge in [-0.05, 0) is 17.9 Å². The molecule has 0 fully saturated rings. The van der Waals surface area contributed by atoms with E-state index >= 15 is 0 Å². The quantitative estimate of drug-likeness (QED) is 0.688. The third-order valence-corrected chi connectivity index (χ3v) is 2.40. The average molecular weight is 165 g/mol. The van der Waals surface area contributed by atoms with Crippen molar-refractivity contribution in [2.75, 3.05) is 0 Å². The van der Waals surface area contributed by atoms with E-state index in [-0.39, 0.29) is 5.41 Å². The van der Waals surface area contributed by atoms with Crippen molar-refractivity contribution in [2.24, 2.45) is 0 Å². The zero-order chi connectivity index (χ0) is 9.19. The minimum absolute atomic E-state index is 0.128. The zero-order valence-corrected chi connectivity index (χ0v) is 7.92. The summed E-state index contributed by atoms with van der Waals surface area (Å²) in [5.41, 5.74) is 2.13. The maximum absolute atomic E-state index is 4.90. The Labute approximate surface area is 73.3 Å². The third-order valence-electron chi connectivity index (χ3n) is 2.40. The topological polar surface area (TPSA) is 26.0 Å². The van der Waals surface area contributed by atoms with Gasteiger partial charge in [-0.15, -0.1) is 0 Å². The van der Waals surface area contributed by atoms with Gasteiger partial charge in [0.2, 0.25) is 0 Å². The molecule has 0 aliphatic carbocycles. The first-order valence-corrected chi connectivity index (χ1v) is 4.19. The van der Waals surface area contributed by atoms with E-state index in [1.165, 1.54) is 0 Å². The second-order valence-electron chi connectivity index (χ2n) is 3.56. The van der Waals surface area contributed by atoms with Crippen molar-refractivity contribution in [1.29, 1.82) is 0 Å². The van der Waals surface area contributed by atoms with Gasteiger partial charge in [-0.2, -0.15) is 0 Å². The van der Waals surface area contributed by atoms with E-state index < -0.39 is 0 Å². The third kappa shape index (κ3) is 1.42. The minimum atomic E-state index is 0.128. The van der Waals surface area contributed by atoms with E-state index in [2.05, 4.69) is 32.5 Å². The number of hydrogen-bond acceptors (Lipinski definition) is 2. The van der Waals surface area contributed by atoms with Crippen molar-refractivity contribution in [3.05, 3.63) is 24.1 Å². The first kappa shape index (κ1) is 9.04. The van der Waals surface area contributed by atoms with Crippen LogP contribution in [0, 0.1) is 0 Å². The fraction of sp³-hybridized carbons (Fsp3) is 0.500. The van der Waals surface area contributed by atoms with Gasteiger partial charge in [0.25, 0.3) is 0 Å². The molecule has 2 nitrogen and oxygen atoms in total. The van der Waals surface area contributed by atoms with Gasteiger partial charge in [0, 0.05) is 5.56 Å². The molecule has 1 aromatic heterocycles. The highest BCUT2D eigenvalue weighted by atomic mass is 16.5. The van der Waals surface area contributed by atoms with E-state index in [0.717, 1.165) is 17.7 Å². The molecule has 0 atom stereocenters. The maximum Gasteiger partial charge on any atom is 0.128 e. The predicted molar refractivity (Wildman–Crippen MR) is 49.9 cm³/mol. The van der Waals surface area contributed by atoms with Crippen LogP contribution >= 0.6 is 0 Å². The fourth-order valence-corrected chi connectivity index (χ4v) is 1.09. The van der Waals surface area contributed by atoms with Crippen molar-refractivity contribution in [2.45, 2.75) is 32.6 Å².